The summed E-state index contributed by atoms with van der Waals surface area (Å²) in [4.78, 5) is 2.30. The van der Waals surface area contributed by atoms with E-state index in [1.165, 1.54) is 0 Å². The normalized spacial score (nSPS) is 22.4. The third-order valence-corrected chi connectivity index (χ3v) is 3.76. The summed E-state index contributed by atoms with van der Waals surface area (Å²) >= 11 is 0. The number of halogens is 1. The first kappa shape index (κ1) is 13.1. The van der Waals surface area contributed by atoms with Crippen LogP contribution in [0.3, 0.4) is 0 Å². The molecular formula is C17H19FN2. The Balaban J connectivity index is 1.92. The minimum absolute atomic E-state index is 0.284. The van der Waals surface area contributed by atoms with E-state index in [1.807, 2.05) is 36.4 Å². The molecule has 3 rings (SSSR count). The summed E-state index contributed by atoms with van der Waals surface area (Å²) < 4.78 is 13.3. The van der Waals surface area contributed by atoms with Crippen molar-refractivity contribution in [1.82, 2.24) is 5.32 Å². The van der Waals surface area contributed by atoms with Crippen LogP contribution >= 0.6 is 0 Å². The molecule has 1 saturated heterocycles. The summed E-state index contributed by atoms with van der Waals surface area (Å²) in [6.07, 6.45) is 0.568. The van der Waals surface area contributed by atoms with Gasteiger partial charge in [-0.3, -0.25) is 5.32 Å². The molecule has 1 heterocycles. The zero-order valence-electron chi connectivity index (χ0n) is 11.4. The molecule has 3 heteroatoms. The van der Waals surface area contributed by atoms with Crippen LogP contribution in [0, 0.1) is 0 Å². The highest BCUT2D eigenvalue weighted by molar-refractivity contribution is 5.64. The van der Waals surface area contributed by atoms with Gasteiger partial charge in [0.1, 0.15) is 0 Å². The van der Waals surface area contributed by atoms with Crippen LogP contribution in [0.25, 0.3) is 0 Å². The lowest BCUT2D eigenvalue weighted by molar-refractivity contribution is 0.210. The van der Waals surface area contributed by atoms with Gasteiger partial charge < -0.3 is 4.90 Å². The van der Waals surface area contributed by atoms with Crippen molar-refractivity contribution in [1.29, 1.82) is 0 Å². The number of benzene rings is 2. The standard InChI is InChI=1S/C17H19FN2/c18-17-12-11-16(13-19-17)20(14-7-3-1-4-8-14)15-9-5-2-6-10-15/h1-10,16-17,19H,11-13H2. The number of nitrogens with one attached hydrogen (secondary N) is 1. The minimum Gasteiger partial charge on any atom is -0.337 e. The number of nitrogens with zero attached hydrogens (tertiary/aromatic N) is 1. The lowest BCUT2D eigenvalue weighted by Crippen LogP contribution is -2.46. The van der Waals surface area contributed by atoms with E-state index in [0.717, 1.165) is 17.8 Å². The number of hydrogen-bond donors (Lipinski definition) is 1. The third kappa shape index (κ3) is 2.83. The van der Waals surface area contributed by atoms with Gasteiger partial charge in [0, 0.05) is 24.0 Å². The van der Waals surface area contributed by atoms with E-state index in [4.69, 9.17) is 0 Å². The topological polar surface area (TPSA) is 15.3 Å². The highest BCUT2D eigenvalue weighted by atomic mass is 19.1. The van der Waals surface area contributed by atoms with Crippen LogP contribution in [0.2, 0.25) is 0 Å². The molecule has 0 amide bonds. The summed E-state index contributed by atoms with van der Waals surface area (Å²) in [5, 5.41) is 2.94. The maximum atomic E-state index is 13.3. The van der Waals surface area contributed by atoms with E-state index in [9.17, 15) is 4.39 Å². The van der Waals surface area contributed by atoms with Gasteiger partial charge in [0.05, 0.1) is 0 Å². The van der Waals surface area contributed by atoms with Gasteiger partial charge in [-0.05, 0) is 37.1 Å². The fourth-order valence-electron chi connectivity index (χ4n) is 2.78. The third-order valence-electron chi connectivity index (χ3n) is 3.76. The average molecular weight is 270 g/mol. The van der Waals surface area contributed by atoms with Gasteiger partial charge in [0.15, 0.2) is 6.30 Å². The number of rotatable bonds is 3. The van der Waals surface area contributed by atoms with Crippen LogP contribution in [0.5, 0.6) is 0 Å². The SMILES string of the molecule is FC1CCC(N(c2ccccc2)c2ccccc2)CN1. The smallest absolute Gasteiger partial charge is 0.151 e. The largest absolute Gasteiger partial charge is 0.337 e. The van der Waals surface area contributed by atoms with Crippen LogP contribution in [0.4, 0.5) is 15.8 Å². The monoisotopic (exact) mass is 270 g/mol. The Labute approximate surface area is 119 Å². The molecule has 1 fully saturated rings. The maximum absolute atomic E-state index is 13.3. The molecule has 1 aliphatic rings. The van der Waals surface area contributed by atoms with Gasteiger partial charge >= 0.3 is 0 Å². The molecule has 2 atom stereocenters. The Morgan fingerprint density at radius 2 is 1.40 bits per heavy atom. The van der Waals surface area contributed by atoms with E-state index in [2.05, 4.69) is 34.5 Å². The van der Waals surface area contributed by atoms with E-state index >= 15 is 0 Å². The van der Waals surface area contributed by atoms with Crippen molar-refractivity contribution in [3.05, 3.63) is 60.7 Å². The van der Waals surface area contributed by atoms with Gasteiger partial charge in [-0.2, -0.15) is 0 Å². The van der Waals surface area contributed by atoms with Crippen molar-refractivity contribution in [2.75, 3.05) is 11.4 Å². The van der Waals surface area contributed by atoms with Crippen molar-refractivity contribution < 1.29 is 4.39 Å². The van der Waals surface area contributed by atoms with Crippen molar-refractivity contribution in [3.8, 4) is 0 Å². The van der Waals surface area contributed by atoms with Gasteiger partial charge in [0.2, 0.25) is 0 Å². The number of hydrogen-bond acceptors (Lipinski definition) is 2. The Bertz CT molecular complexity index is 482. The quantitative estimate of drug-likeness (QED) is 0.852. The van der Waals surface area contributed by atoms with E-state index < -0.39 is 6.30 Å². The molecule has 20 heavy (non-hydrogen) atoms. The average Bonchev–Trinajstić information content (AvgIpc) is 2.52. The molecule has 1 N–H and O–H groups in total. The predicted octanol–water partition coefficient (Wildman–Crippen LogP) is 3.87. The zero-order valence-corrected chi connectivity index (χ0v) is 11.4. The summed E-state index contributed by atoms with van der Waals surface area (Å²) in [5.41, 5.74) is 2.31. The lowest BCUT2D eigenvalue weighted by atomic mass is 10.0. The second kappa shape index (κ2) is 6.06. The second-order valence-corrected chi connectivity index (χ2v) is 5.15. The molecule has 0 bridgehead atoms. The number of alkyl halides is 1. The fourth-order valence-corrected chi connectivity index (χ4v) is 2.78. The molecule has 2 nitrogen and oxygen atoms in total. The summed E-state index contributed by atoms with van der Waals surface area (Å²) in [5.74, 6) is 0. The fraction of sp³-hybridized carbons (Fsp3) is 0.294. The molecule has 0 aromatic heterocycles. The van der Waals surface area contributed by atoms with Crippen LogP contribution in [0.15, 0.2) is 60.7 Å². The van der Waals surface area contributed by atoms with Crippen LogP contribution < -0.4 is 10.2 Å². The molecular weight excluding hydrogens is 251 g/mol. The first-order chi connectivity index (χ1) is 9.84. The van der Waals surface area contributed by atoms with Crippen molar-refractivity contribution >= 4 is 11.4 Å². The summed E-state index contributed by atoms with van der Waals surface area (Å²) in [6, 6.07) is 20.9. The zero-order chi connectivity index (χ0) is 13.8. The molecule has 0 spiro atoms. The van der Waals surface area contributed by atoms with Crippen LogP contribution in [-0.2, 0) is 0 Å². The van der Waals surface area contributed by atoms with Gasteiger partial charge in [-0.15, -0.1) is 0 Å². The number of para-hydroxylation sites is 2. The summed E-state index contributed by atoms with van der Waals surface area (Å²) in [6.45, 7) is 0.672. The minimum atomic E-state index is -0.861. The first-order valence-electron chi connectivity index (χ1n) is 7.11. The highest BCUT2D eigenvalue weighted by Gasteiger charge is 2.26. The van der Waals surface area contributed by atoms with Gasteiger partial charge in [-0.25, -0.2) is 4.39 Å². The second-order valence-electron chi connectivity index (χ2n) is 5.15. The molecule has 0 saturated carbocycles. The first-order valence-corrected chi connectivity index (χ1v) is 7.11. The van der Waals surface area contributed by atoms with E-state index in [0.29, 0.717) is 13.0 Å². The number of piperidine rings is 1. The van der Waals surface area contributed by atoms with Crippen molar-refractivity contribution in [2.24, 2.45) is 0 Å². The molecule has 0 radical (unpaired) electrons. The number of anilines is 2. The molecule has 2 unspecified atom stereocenters. The molecule has 1 aliphatic heterocycles. The Morgan fingerprint density at radius 1 is 0.850 bits per heavy atom. The Kier molecular flexibility index (Phi) is 3.97. The Morgan fingerprint density at radius 3 is 1.85 bits per heavy atom. The lowest BCUT2D eigenvalue weighted by Gasteiger charge is -2.37. The van der Waals surface area contributed by atoms with Crippen LogP contribution in [-0.4, -0.2) is 18.9 Å². The van der Waals surface area contributed by atoms with Gasteiger partial charge in [-0.1, -0.05) is 36.4 Å². The maximum Gasteiger partial charge on any atom is 0.151 e. The van der Waals surface area contributed by atoms with Gasteiger partial charge in [0.25, 0.3) is 0 Å². The Hall–Kier alpha value is -1.87. The molecule has 2 aromatic carbocycles. The predicted molar refractivity (Wildman–Crippen MR) is 80.9 cm³/mol. The molecule has 0 aliphatic carbocycles. The summed E-state index contributed by atoms with van der Waals surface area (Å²) in [7, 11) is 0. The van der Waals surface area contributed by atoms with E-state index in [-0.39, 0.29) is 6.04 Å². The highest BCUT2D eigenvalue weighted by Crippen LogP contribution is 2.30. The molecule has 104 valence electrons. The van der Waals surface area contributed by atoms with Crippen molar-refractivity contribution in [2.45, 2.75) is 25.2 Å². The molecule has 2 aromatic rings. The van der Waals surface area contributed by atoms with E-state index in [1.54, 1.807) is 0 Å². The van der Waals surface area contributed by atoms with Crippen molar-refractivity contribution in [3.63, 3.8) is 0 Å². The van der Waals surface area contributed by atoms with Crippen LogP contribution in [0.1, 0.15) is 12.8 Å².